The number of carbonyl (C=O) groups excluding carboxylic acids is 1. The Morgan fingerprint density at radius 2 is 2.03 bits per heavy atom. The van der Waals surface area contributed by atoms with E-state index in [0.29, 0.717) is 18.8 Å². The van der Waals surface area contributed by atoms with Crippen LogP contribution in [0.15, 0.2) is 39.9 Å². The van der Waals surface area contributed by atoms with Crippen LogP contribution in [0.1, 0.15) is 13.3 Å². The van der Waals surface area contributed by atoms with Crippen molar-refractivity contribution in [3.63, 3.8) is 0 Å². The number of benzene rings is 1. The van der Waals surface area contributed by atoms with Crippen molar-refractivity contribution in [3.05, 3.63) is 51.2 Å². The van der Waals surface area contributed by atoms with E-state index in [1.807, 2.05) is 25.1 Å². The third kappa shape index (κ3) is 5.31. The van der Waals surface area contributed by atoms with Crippen LogP contribution in [0.5, 0.6) is 5.75 Å². The molecular weight excluding hydrogens is 406 g/mol. The predicted octanol–water partition coefficient (Wildman–Crippen LogP) is 0.228. The van der Waals surface area contributed by atoms with E-state index in [1.54, 1.807) is 12.1 Å². The van der Waals surface area contributed by atoms with Crippen molar-refractivity contribution in [2.75, 3.05) is 25.1 Å². The lowest BCUT2D eigenvalue weighted by molar-refractivity contribution is -0.141. The number of anilines is 1. The molecule has 0 aliphatic carbocycles. The SMILES string of the molecule is CCCOC(=O)CNc1nc2c(c(=O)[nH]c(=O)n2C)n1C[C@H](O)COc1ccccc1. The minimum atomic E-state index is -0.998. The van der Waals surface area contributed by atoms with Crippen LogP contribution in [0.3, 0.4) is 0 Å². The fraction of sp³-hybridized carbons (Fsp3) is 0.400. The molecule has 3 N–H and O–H groups in total. The van der Waals surface area contributed by atoms with Crippen LogP contribution < -0.4 is 21.3 Å². The van der Waals surface area contributed by atoms with E-state index in [9.17, 15) is 19.5 Å². The number of hydrogen-bond donors (Lipinski definition) is 3. The minimum absolute atomic E-state index is 0.0364. The number of H-pyrrole nitrogens is 1. The van der Waals surface area contributed by atoms with E-state index in [-0.39, 0.29) is 36.8 Å². The number of aromatic nitrogens is 4. The van der Waals surface area contributed by atoms with Gasteiger partial charge in [-0.3, -0.25) is 19.1 Å². The van der Waals surface area contributed by atoms with E-state index in [4.69, 9.17) is 9.47 Å². The Labute approximate surface area is 177 Å². The van der Waals surface area contributed by atoms with Crippen LogP contribution in [0, 0.1) is 0 Å². The van der Waals surface area contributed by atoms with Gasteiger partial charge in [0.2, 0.25) is 5.95 Å². The van der Waals surface area contributed by atoms with E-state index in [1.165, 1.54) is 16.2 Å². The van der Waals surface area contributed by atoms with Crippen molar-refractivity contribution >= 4 is 23.1 Å². The average Bonchev–Trinajstić information content (AvgIpc) is 3.12. The number of carbonyl (C=O) groups is 1. The van der Waals surface area contributed by atoms with Gasteiger partial charge in [-0.15, -0.1) is 0 Å². The first-order chi connectivity index (χ1) is 14.9. The van der Waals surface area contributed by atoms with Crippen LogP contribution in [0.4, 0.5) is 5.95 Å². The Kier molecular flexibility index (Phi) is 7.08. The molecule has 2 aromatic heterocycles. The number of hydrogen-bond acceptors (Lipinski definition) is 8. The summed E-state index contributed by atoms with van der Waals surface area (Å²) in [5.74, 6) is 0.249. The molecule has 11 nitrogen and oxygen atoms in total. The summed E-state index contributed by atoms with van der Waals surface area (Å²) in [4.78, 5) is 42.8. The maximum Gasteiger partial charge on any atom is 0.329 e. The van der Waals surface area contributed by atoms with Crippen molar-refractivity contribution < 1.29 is 19.4 Å². The maximum atomic E-state index is 12.5. The Morgan fingerprint density at radius 3 is 2.74 bits per heavy atom. The smallest absolute Gasteiger partial charge is 0.329 e. The molecule has 3 rings (SSSR count). The highest BCUT2D eigenvalue weighted by atomic mass is 16.5. The molecule has 0 spiro atoms. The normalized spacial score (nSPS) is 12.0. The molecule has 3 aromatic rings. The fourth-order valence-corrected chi connectivity index (χ4v) is 2.94. The van der Waals surface area contributed by atoms with Gasteiger partial charge in [-0.25, -0.2) is 4.79 Å². The van der Waals surface area contributed by atoms with Gasteiger partial charge in [0.1, 0.15) is 25.0 Å². The number of aryl methyl sites for hydroxylation is 1. The Balaban J connectivity index is 1.85. The van der Waals surface area contributed by atoms with Crippen molar-refractivity contribution in [1.29, 1.82) is 0 Å². The second-order valence-electron chi connectivity index (χ2n) is 6.89. The number of ether oxygens (including phenoxy) is 2. The first-order valence-corrected chi connectivity index (χ1v) is 9.85. The number of aliphatic hydroxyl groups is 1. The molecule has 1 atom stereocenters. The highest BCUT2D eigenvalue weighted by Gasteiger charge is 2.20. The average molecular weight is 431 g/mol. The van der Waals surface area contributed by atoms with Gasteiger partial charge < -0.3 is 24.5 Å². The molecule has 31 heavy (non-hydrogen) atoms. The lowest BCUT2D eigenvalue weighted by Gasteiger charge is -2.15. The van der Waals surface area contributed by atoms with Crippen LogP contribution >= 0.6 is 0 Å². The third-order valence-electron chi connectivity index (χ3n) is 4.44. The highest BCUT2D eigenvalue weighted by Crippen LogP contribution is 2.17. The first kappa shape index (κ1) is 22.1. The van der Waals surface area contributed by atoms with Gasteiger partial charge in [0, 0.05) is 7.05 Å². The van der Waals surface area contributed by atoms with Gasteiger partial charge >= 0.3 is 11.7 Å². The number of imidazole rings is 1. The van der Waals surface area contributed by atoms with Gasteiger partial charge in [0.05, 0.1) is 13.2 Å². The molecule has 0 fully saturated rings. The second kappa shape index (κ2) is 9.94. The molecule has 0 saturated heterocycles. The summed E-state index contributed by atoms with van der Waals surface area (Å²) >= 11 is 0. The number of para-hydroxylation sites is 1. The van der Waals surface area contributed by atoms with E-state index >= 15 is 0 Å². The number of aromatic amines is 1. The molecule has 0 saturated carbocycles. The summed E-state index contributed by atoms with van der Waals surface area (Å²) in [6.07, 6.45) is -0.308. The zero-order valence-corrected chi connectivity index (χ0v) is 17.3. The summed E-state index contributed by atoms with van der Waals surface area (Å²) in [6.45, 7) is 1.89. The van der Waals surface area contributed by atoms with Gasteiger partial charge in [0.15, 0.2) is 11.2 Å². The summed E-state index contributed by atoms with van der Waals surface area (Å²) in [5, 5.41) is 13.3. The van der Waals surface area contributed by atoms with Gasteiger partial charge in [-0.05, 0) is 18.6 Å². The molecule has 0 aliphatic rings. The van der Waals surface area contributed by atoms with Gasteiger partial charge in [-0.1, -0.05) is 25.1 Å². The zero-order chi connectivity index (χ0) is 22.4. The monoisotopic (exact) mass is 431 g/mol. The largest absolute Gasteiger partial charge is 0.491 e. The lowest BCUT2D eigenvalue weighted by Crippen LogP contribution is -2.31. The topological polar surface area (TPSA) is 140 Å². The number of aliphatic hydroxyl groups excluding tert-OH is 1. The number of nitrogens with zero attached hydrogens (tertiary/aromatic N) is 3. The van der Waals surface area contributed by atoms with E-state index < -0.39 is 23.3 Å². The molecule has 0 bridgehead atoms. The van der Waals surface area contributed by atoms with Crippen molar-refractivity contribution in [2.45, 2.75) is 26.0 Å². The third-order valence-corrected chi connectivity index (χ3v) is 4.44. The van der Waals surface area contributed by atoms with Crippen molar-refractivity contribution in [1.82, 2.24) is 19.1 Å². The van der Waals surface area contributed by atoms with Crippen molar-refractivity contribution in [2.24, 2.45) is 7.05 Å². The molecule has 0 aliphatic heterocycles. The summed E-state index contributed by atoms with van der Waals surface area (Å²) in [6, 6.07) is 8.99. The predicted molar refractivity (Wildman–Crippen MR) is 113 cm³/mol. The van der Waals surface area contributed by atoms with Crippen LogP contribution in [-0.2, 0) is 23.1 Å². The Morgan fingerprint density at radius 1 is 1.29 bits per heavy atom. The number of esters is 1. The molecule has 0 unspecified atom stereocenters. The zero-order valence-electron chi connectivity index (χ0n) is 17.3. The van der Waals surface area contributed by atoms with Crippen LogP contribution in [0.2, 0.25) is 0 Å². The van der Waals surface area contributed by atoms with E-state index in [0.717, 1.165) is 0 Å². The second-order valence-corrected chi connectivity index (χ2v) is 6.89. The summed E-state index contributed by atoms with van der Waals surface area (Å²) in [5.41, 5.74) is -1.06. The molecule has 1 aromatic carbocycles. The highest BCUT2D eigenvalue weighted by molar-refractivity contribution is 5.77. The number of fused-ring (bicyclic) bond motifs is 1. The molecule has 0 amide bonds. The summed E-state index contributed by atoms with van der Waals surface area (Å²) in [7, 11) is 1.46. The lowest BCUT2D eigenvalue weighted by atomic mass is 10.3. The molecular formula is C20H25N5O6. The van der Waals surface area contributed by atoms with Crippen LogP contribution in [-0.4, -0.2) is 56.0 Å². The molecule has 166 valence electrons. The maximum absolute atomic E-state index is 12.5. The molecule has 2 heterocycles. The number of nitrogens with one attached hydrogen (secondary N) is 2. The summed E-state index contributed by atoms with van der Waals surface area (Å²) < 4.78 is 13.2. The van der Waals surface area contributed by atoms with Crippen LogP contribution in [0.25, 0.3) is 11.2 Å². The number of rotatable bonds is 10. The first-order valence-electron chi connectivity index (χ1n) is 9.85. The molecule has 11 heteroatoms. The van der Waals surface area contributed by atoms with Crippen molar-refractivity contribution in [3.8, 4) is 5.75 Å². The minimum Gasteiger partial charge on any atom is -0.491 e. The standard InChI is InChI=1S/C20H25N5O6/c1-3-9-30-15(27)10-21-19-22-17-16(18(28)23-20(29)24(17)2)25(19)11-13(26)12-31-14-7-5-4-6-8-14/h4-8,13,26H,3,9-12H2,1-2H3,(H,21,22)(H,23,28,29)/t13-/m0/s1. The van der Waals surface area contributed by atoms with Gasteiger partial charge in [-0.2, -0.15) is 4.98 Å². The van der Waals surface area contributed by atoms with E-state index in [2.05, 4.69) is 15.3 Å². The molecule has 0 radical (unpaired) electrons. The Bertz CT molecular complexity index is 1150. The van der Waals surface area contributed by atoms with Gasteiger partial charge in [0.25, 0.3) is 5.56 Å². The fourth-order valence-electron chi connectivity index (χ4n) is 2.94. The quantitative estimate of drug-likeness (QED) is 0.388. The Hall–Kier alpha value is -3.60.